The largest absolute Gasteiger partial charge is 0.350 e. The minimum atomic E-state index is -1.62. The second-order valence-electron chi connectivity index (χ2n) is 12.4. The standard InChI is InChI=1S/C20H46N4OSi4/c1-17(25)20-18(21-23(26(2,3)4)27(5,6)7)15-14-16-19(20)22-24(28(8,9)10)29(11,12)13/h20H,14-16H2,1-13H3. The Morgan fingerprint density at radius 1 is 0.690 bits per heavy atom. The molecule has 0 spiro atoms. The average molecular weight is 471 g/mol. The monoisotopic (exact) mass is 470 g/mol. The molecule has 0 aromatic heterocycles. The van der Waals surface area contributed by atoms with E-state index in [1.54, 1.807) is 6.92 Å². The van der Waals surface area contributed by atoms with Crippen molar-refractivity contribution < 1.29 is 4.79 Å². The minimum absolute atomic E-state index is 0.194. The van der Waals surface area contributed by atoms with E-state index in [-0.39, 0.29) is 11.7 Å². The summed E-state index contributed by atoms with van der Waals surface area (Å²) >= 11 is 0. The van der Waals surface area contributed by atoms with Crippen molar-refractivity contribution in [2.45, 2.75) is 105 Å². The van der Waals surface area contributed by atoms with E-state index < -0.39 is 32.9 Å². The first-order valence-corrected chi connectivity index (χ1v) is 24.8. The second-order valence-corrected chi connectivity index (χ2v) is 32.3. The van der Waals surface area contributed by atoms with Crippen molar-refractivity contribution in [3.63, 3.8) is 0 Å². The zero-order chi connectivity index (χ0) is 23.0. The Kier molecular flexibility index (Phi) is 8.15. The zero-order valence-electron chi connectivity index (χ0n) is 21.4. The maximum absolute atomic E-state index is 12.8. The number of hydrogen-bond acceptors (Lipinski definition) is 5. The lowest BCUT2D eigenvalue weighted by atomic mass is 9.83. The summed E-state index contributed by atoms with van der Waals surface area (Å²) in [5.74, 6) is -0.0476. The van der Waals surface area contributed by atoms with Crippen LogP contribution >= 0.6 is 0 Å². The number of carbonyl (C=O) groups is 1. The number of nitrogens with zero attached hydrogens (tertiary/aromatic N) is 4. The topological polar surface area (TPSA) is 48.3 Å². The third-order valence-corrected chi connectivity index (χ3v) is 18.5. The molecule has 168 valence electrons. The number of hydrazone groups is 2. The van der Waals surface area contributed by atoms with Gasteiger partial charge >= 0.3 is 0 Å². The van der Waals surface area contributed by atoms with Gasteiger partial charge in [-0.2, -0.15) is 0 Å². The summed E-state index contributed by atoms with van der Waals surface area (Å²) in [6.45, 7) is 30.0. The molecule has 1 rings (SSSR count). The van der Waals surface area contributed by atoms with Crippen molar-refractivity contribution in [1.29, 1.82) is 0 Å². The summed E-state index contributed by atoms with van der Waals surface area (Å²) in [7, 11) is -6.50. The fourth-order valence-electron chi connectivity index (χ4n) is 4.49. The first kappa shape index (κ1) is 26.5. The van der Waals surface area contributed by atoms with E-state index in [0.29, 0.717) is 0 Å². The molecular weight excluding hydrogens is 425 g/mol. The predicted molar refractivity (Wildman–Crippen MR) is 140 cm³/mol. The highest BCUT2D eigenvalue weighted by molar-refractivity contribution is 6.90. The molecule has 0 N–H and O–H groups in total. The number of ketones is 1. The van der Waals surface area contributed by atoms with Crippen LogP contribution in [0.25, 0.3) is 0 Å². The Bertz CT molecular complexity index is 586. The molecule has 0 amide bonds. The van der Waals surface area contributed by atoms with Crippen LogP contribution in [0.2, 0.25) is 78.6 Å². The summed E-state index contributed by atoms with van der Waals surface area (Å²) < 4.78 is 4.89. The van der Waals surface area contributed by atoms with Gasteiger partial charge in [0.25, 0.3) is 0 Å². The second kappa shape index (κ2) is 8.92. The fourth-order valence-corrected chi connectivity index (χ4v) is 22.3. The molecule has 9 heteroatoms. The fraction of sp³-hybridized carbons (Fsp3) is 0.850. The highest BCUT2D eigenvalue weighted by atomic mass is 28.4. The normalized spacial score (nSPS) is 22.2. The van der Waals surface area contributed by atoms with Crippen LogP contribution in [0.1, 0.15) is 26.2 Å². The molecule has 0 aromatic carbocycles. The van der Waals surface area contributed by atoms with Gasteiger partial charge in [0, 0.05) is 0 Å². The van der Waals surface area contributed by atoms with Crippen LogP contribution in [0.3, 0.4) is 0 Å². The maximum Gasteiger partial charge on any atom is 0.158 e. The number of rotatable bonds is 7. The lowest BCUT2D eigenvalue weighted by Gasteiger charge is -2.44. The molecule has 0 radical (unpaired) electrons. The van der Waals surface area contributed by atoms with E-state index in [2.05, 4.69) is 87.2 Å². The van der Waals surface area contributed by atoms with Gasteiger partial charge in [-0.25, -0.2) is 10.2 Å². The van der Waals surface area contributed by atoms with Gasteiger partial charge in [-0.15, -0.1) is 0 Å². The lowest BCUT2D eigenvalue weighted by Crippen LogP contribution is -2.57. The summed E-state index contributed by atoms with van der Waals surface area (Å²) in [6, 6.07) is 0. The van der Waals surface area contributed by atoms with Crippen LogP contribution < -0.4 is 0 Å². The summed E-state index contributed by atoms with van der Waals surface area (Å²) in [6.07, 6.45) is 2.86. The first-order chi connectivity index (χ1) is 12.8. The molecule has 1 aliphatic rings. The van der Waals surface area contributed by atoms with Crippen molar-refractivity contribution in [3.05, 3.63) is 0 Å². The summed E-state index contributed by atoms with van der Waals surface area (Å²) in [5.41, 5.74) is 2.11. The Labute approximate surface area is 184 Å². The van der Waals surface area contributed by atoms with E-state index in [1.807, 2.05) is 0 Å². The van der Waals surface area contributed by atoms with Crippen LogP contribution in [-0.2, 0) is 4.79 Å². The van der Waals surface area contributed by atoms with Crippen molar-refractivity contribution in [2.24, 2.45) is 16.1 Å². The minimum Gasteiger partial charge on any atom is -0.350 e. The highest BCUT2D eigenvalue weighted by Gasteiger charge is 2.39. The quantitative estimate of drug-likeness (QED) is 0.337. The molecule has 0 aromatic rings. The molecule has 1 saturated carbocycles. The lowest BCUT2D eigenvalue weighted by molar-refractivity contribution is -0.117. The molecule has 1 fully saturated rings. The molecule has 29 heavy (non-hydrogen) atoms. The van der Waals surface area contributed by atoms with Crippen molar-refractivity contribution in [3.8, 4) is 0 Å². The Hall–Kier alpha value is -0.522. The van der Waals surface area contributed by atoms with Crippen molar-refractivity contribution in [2.75, 3.05) is 0 Å². The van der Waals surface area contributed by atoms with Crippen molar-refractivity contribution in [1.82, 2.24) is 8.68 Å². The van der Waals surface area contributed by atoms with Gasteiger partial charge in [-0.05, 0) is 26.2 Å². The van der Waals surface area contributed by atoms with E-state index in [1.165, 1.54) is 0 Å². The van der Waals surface area contributed by atoms with Crippen LogP contribution in [0.4, 0.5) is 0 Å². The van der Waals surface area contributed by atoms with Crippen LogP contribution in [0, 0.1) is 5.92 Å². The highest BCUT2D eigenvalue weighted by Crippen LogP contribution is 2.28. The van der Waals surface area contributed by atoms with E-state index in [4.69, 9.17) is 10.2 Å². The van der Waals surface area contributed by atoms with Gasteiger partial charge in [-0.1, -0.05) is 78.6 Å². The number of hydrogen-bond donors (Lipinski definition) is 0. The summed E-state index contributed by atoms with van der Waals surface area (Å²) in [5, 5.41) is 10.5. The van der Waals surface area contributed by atoms with Gasteiger partial charge in [0.15, 0.2) is 32.9 Å². The van der Waals surface area contributed by atoms with E-state index >= 15 is 0 Å². The van der Waals surface area contributed by atoms with Gasteiger partial charge in [0.2, 0.25) is 0 Å². The Morgan fingerprint density at radius 2 is 0.966 bits per heavy atom. The van der Waals surface area contributed by atoms with Crippen molar-refractivity contribution >= 4 is 50.1 Å². The number of carbonyl (C=O) groups excluding carboxylic acids is 1. The molecule has 0 unspecified atom stereocenters. The van der Waals surface area contributed by atoms with E-state index in [9.17, 15) is 4.79 Å². The predicted octanol–water partition coefficient (Wildman–Crippen LogP) is 6.03. The summed E-state index contributed by atoms with van der Waals surface area (Å²) in [4.78, 5) is 12.8. The van der Waals surface area contributed by atoms with Crippen LogP contribution in [-0.4, -0.2) is 58.8 Å². The molecule has 0 atom stereocenters. The Morgan fingerprint density at radius 3 is 1.17 bits per heavy atom. The SMILES string of the molecule is CC(=O)C1C(=NN([Si](C)(C)C)[Si](C)(C)C)CCCC1=NN([Si](C)(C)C)[Si](C)(C)C. The molecule has 1 aliphatic carbocycles. The first-order valence-electron chi connectivity index (χ1n) is 11.0. The zero-order valence-corrected chi connectivity index (χ0v) is 25.4. The van der Waals surface area contributed by atoms with Gasteiger partial charge in [0.05, 0.1) is 17.3 Å². The third-order valence-electron chi connectivity index (χ3n) is 4.94. The molecule has 0 saturated heterocycles. The maximum atomic E-state index is 12.8. The number of Topliss-reactive ketones (excluding diaryl/α,β-unsaturated/α-hetero) is 1. The van der Waals surface area contributed by atoms with E-state index in [0.717, 1.165) is 30.7 Å². The third kappa shape index (κ3) is 7.29. The molecule has 0 aliphatic heterocycles. The molecular formula is C20H46N4OSi4. The van der Waals surface area contributed by atoms with Gasteiger partial charge in [0.1, 0.15) is 5.78 Å². The van der Waals surface area contributed by atoms with Crippen LogP contribution in [0.15, 0.2) is 10.2 Å². The smallest absolute Gasteiger partial charge is 0.158 e. The average Bonchev–Trinajstić information content (AvgIpc) is 2.45. The molecule has 0 heterocycles. The van der Waals surface area contributed by atoms with Gasteiger partial charge in [-0.3, -0.25) is 4.79 Å². The van der Waals surface area contributed by atoms with Crippen LogP contribution in [0.5, 0.6) is 0 Å². The molecule has 0 bridgehead atoms. The molecule has 5 nitrogen and oxygen atoms in total. The Balaban J connectivity index is 3.54. The van der Waals surface area contributed by atoms with Gasteiger partial charge < -0.3 is 8.68 Å².